The van der Waals surface area contributed by atoms with Crippen molar-refractivity contribution in [3.63, 3.8) is 0 Å². The van der Waals surface area contributed by atoms with Gasteiger partial charge in [0, 0.05) is 19.0 Å². The minimum Gasteiger partial charge on any atom is -0.365 e. The fourth-order valence-corrected chi connectivity index (χ4v) is 3.17. The van der Waals surface area contributed by atoms with Crippen molar-refractivity contribution in [3.05, 3.63) is 112 Å². The Balaban J connectivity index is 1.71. The van der Waals surface area contributed by atoms with Crippen LogP contribution < -0.4 is 10.9 Å². The van der Waals surface area contributed by atoms with Gasteiger partial charge in [0.2, 0.25) is 0 Å². The smallest absolute Gasteiger partial charge is 0.268 e. The van der Waals surface area contributed by atoms with E-state index in [1.54, 1.807) is 16.8 Å². The summed E-state index contributed by atoms with van der Waals surface area (Å²) in [6, 6.07) is 23.8. The summed E-state index contributed by atoms with van der Waals surface area (Å²) in [5.41, 5.74) is 4.12. The van der Waals surface area contributed by atoms with Crippen LogP contribution in [0.4, 0.5) is 5.82 Å². The number of hydrogen-bond acceptors (Lipinski definition) is 4. The van der Waals surface area contributed by atoms with Crippen molar-refractivity contribution in [1.82, 2.24) is 9.38 Å². The molecule has 2 aromatic carbocycles. The Labute approximate surface area is 169 Å². The third-order valence-corrected chi connectivity index (χ3v) is 4.72. The van der Waals surface area contributed by atoms with Gasteiger partial charge in [-0.15, -0.1) is 0 Å². The van der Waals surface area contributed by atoms with Crippen molar-refractivity contribution >= 4 is 17.7 Å². The zero-order chi connectivity index (χ0) is 20.1. The highest BCUT2D eigenvalue weighted by atomic mass is 16.1. The Morgan fingerprint density at radius 3 is 2.38 bits per heavy atom. The Bertz CT molecular complexity index is 1200. The van der Waals surface area contributed by atoms with Crippen LogP contribution in [0.25, 0.3) is 5.65 Å². The highest BCUT2D eigenvalue weighted by Gasteiger charge is 2.12. The molecule has 0 radical (unpaired) electrons. The summed E-state index contributed by atoms with van der Waals surface area (Å²) in [7, 11) is 0. The van der Waals surface area contributed by atoms with Gasteiger partial charge in [-0.25, -0.2) is 4.98 Å². The van der Waals surface area contributed by atoms with E-state index in [2.05, 4.69) is 10.3 Å². The molecule has 5 nitrogen and oxygen atoms in total. The maximum atomic E-state index is 13.1. The number of benzene rings is 2. The molecule has 5 heteroatoms. The number of anilines is 1. The number of aromatic nitrogens is 2. The van der Waals surface area contributed by atoms with E-state index in [0.717, 1.165) is 16.7 Å². The monoisotopic (exact) mass is 382 g/mol. The first-order valence-corrected chi connectivity index (χ1v) is 9.56. The van der Waals surface area contributed by atoms with E-state index >= 15 is 0 Å². The van der Waals surface area contributed by atoms with E-state index in [0.29, 0.717) is 30.1 Å². The number of hydrogen-bond donors (Lipinski definition) is 1. The second-order valence-corrected chi connectivity index (χ2v) is 6.86. The van der Waals surface area contributed by atoms with E-state index in [9.17, 15) is 4.79 Å². The Kier molecular flexibility index (Phi) is 5.47. The van der Waals surface area contributed by atoms with Crippen LogP contribution in [0.5, 0.6) is 0 Å². The Morgan fingerprint density at radius 1 is 0.966 bits per heavy atom. The SMILES string of the molecule is Cc1cccn2c(=O)c(C=NCc3ccccc3)c(NCc3ccccc3)nc12. The average molecular weight is 382 g/mol. The molecule has 29 heavy (non-hydrogen) atoms. The van der Waals surface area contributed by atoms with Crippen LogP contribution in [-0.4, -0.2) is 15.6 Å². The molecular weight excluding hydrogens is 360 g/mol. The van der Waals surface area contributed by atoms with Gasteiger partial charge in [0.05, 0.1) is 6.54 Å². The third-order valence-electron chi connectivity index (χ3n) is 4.72. The average Bonchev–Trinajstić information content (AvgIpc) is 2.76. The van der Waals surface area contributed by atoms with Crippen LogP contribution in [0.1, 0.15) is 22.3 Å². The minimum atomic E-state index is -0.133. The second kappa shape index (κ2) is 8.52. The summed E-state index contributed by atoms with van der Waals surface area (Å²) >= 11 is 0. The van der Waals surface area contributed by atoms with Crippen LogP contribution in [0.3, 0.4) is 0 Å². The molecule has 0 aliphatic rings. The minimum absolute atomic E-state index is 0.133. The summed E-state index contributed by atoms with van der Waals surface area (Å²) in [6.45, 7) is 3.04. The van der Waals surface area contributed by atoms with Crippen molar-refractivity contribution in [3.8, 4) is 0 Å². The summed E-state index contributed by atoms with van der Waals surface area (Å²) in [4.78, 5) is 22.4. The second-order valence-electron chi connectivity index (χ2n) is 6.86. The van der Waals surface area contributed by atoms with E-state index in [-0.39, 0.29) is 5.56 Å². The van der Waals surface area contributed by atoms with Gasteiger partial charge in [0.15, 0.2) is 0 Å². The molecule has 144 valence electrons. The molecule has 0 saturated heterocycles. The lowest BCUT2D eigenvalue weighted by atomic mass is 10.2. The zero-order valence-electron chi connectivity index (χ0n) is 16.2. The molecule has 0 bridgehead atoms. The van der Waals surface area contributed by atoms with Gasteiger partial charge >= 0.3 is 0 Å². The van der Waals surface area contributed by atoms with Crippen molar-refractivity contribution < 1.29 is 0 Å². The van der Waals surface area contributed by atoms with Gasteiger partial charge in [-0.3, -0.25) is 14.2 Å². The number of rotatable bonds is 6. The lowest BCUT2D eigenvalue weighted by molar-refractivity contribution is 1.01. The molecule has 0 aliphatic heterocycles. The molecule has 0 saturated carbocycles. The van der Waals surface area contributed by atoms with Gasteiger partial charge < -0.3 is 5.32 Å². The molecule has 0 fully saturated rings. The maximum absolute atomic E-state index is 13.1. The largest absolute Gasteiger partial charge is 0.365 e. The first-order valence-electron chi connectivity index (χ1n) is 9.56. The summed E-state index contributed by atoms with van der Waals surface area (Å²) in [5.74, 6) is 0.546. The number of fused-ring (bicyclic) bond motifs is 1. The number of nitrogens with one attached hydrogen (secondary N) is 1. The molecule has 0 atom stereocenters. The first-order chi connectivity index (χ1) is 14.2. The van der Waals surface area contributed by atoms with Crippen molar-refractivity contribution in [2.75, 3.05) is 5.32 Å². The maximum Gasteiger partial charge on any atom is 0.268 e. The first kappa shape index (κ1) is 18.6. The number of pyridine rings is 1. The van der Waals surface area contributed by atoms with Gasteiger partial charge in [-0.05, 0) is 29.7 Å². The summed E-state index contributed by atoms with van der Waals surface area (Å²) < 4.78 is 1.58. The van der Waals surface area contributed by atoms with Crippen LogP contribution in [0, 0.1) is 6.92 Å². The molecule has 0 spiro atoms. The van der Waals surface area contributed by atoms with Gasteiger partial charge in [-0.1, -0.05) is 66.7 Å². The van der Waals surface area contributed by atoms with E-state index < -0.39 is 0 Å². The number of aryl methyl sites for hydroxylation is 1. The Morgan fingerprint density at radius 2 is 1.66 bits per heavy atom. The molecule has 2 aromatic heterocycles. The quantitative estimate of drug-likeness (QED) is 0.508. The van der Waals surface area contributed by atoms with Crippen LogP contribution in [0.2, 0.25) is 0 Å². The molecule has 4 aromatic rings. The number of nitrogens with zero attached hydrogens (tertiary/aromatic N) is 3. The lowest BCUT2D eigenvalue weighted by Crippen LogP contribution is -2.23. The van der Waals surface area contributed by atoms with Crippen molar-refractivity contribution in [1.29, 1.82) is 0 Å². The van der Waals surface area contributed by atoms with E-state index in [1.165, 1.54) is 0 Å². The van der Waals surface area contributed by atoms with Gasteiger partial charge in [0.1, 0.15) is 17.0 Å². The molecule has 2 heterocycles. The van der Waals surface area contributed by atoms with Crippen LogP contribution in [-0.2, 0) is 13.1 Å². The summed E-state index contributed by atoms with van der Waals surface area (Å²) in [6.07, 6.45) is 3.37. The predicted molar refractivity (Wildman–Crippen MR) is 118 cm³/mol. The molecule has 4 rings (SSSR count). The zero-order valence-corrected chi connectivity index (χ0v) is 16.2. The molecule has 0 amide bonds. The van der Waals surface area contributed by atoms with Crippen molar-refractivity contribution in [2.45, 2.75) is 20.0 Å². The molecule has 1 N–H and O–H groups in total. The highest BCUT2D eigenvalue weighted by molar-refractivity contribution is 5.86. The Hall–Kier alpha value is -3.73. The molecule has 0 aliphatic carbocycles. The molecular formula is C24H22N4O. The van der Waals surface area contributed by atoms with Gasteiger partial charge in [-0.2, -0.15) is 0 Å². The standard InChI is InChI=1S/C24H22N4O/c1-18-9-8-14-28-23(18)27-22(26-16-20-12-6-3-7-13-20)21(24(28)29)17-25-15-19-10-4-2-5-11-19/h2-14,17,26H,15-16H2,1H3. The van der Waals surface area contributed by atoms with Crippen molar-refractivity contribution in [2.24, 2.45) is 4.99 Å². The topological polar surface area (TPSA) is 58.8 Å². The highest BCUT2D eigenvalue weighted by Crippen LogP contribution is 2.14. The summed E-state index contributed by atoms with van der Waals surface area (Å²) in [5, 5.41) is 3.32. The van der Waals surface area contributed by atoms with Crippen LogP contribution >= 0.6 is 0 Å². The predicted octanol–water partition coefficient (Wildman–Crippen LogP) is 4.23. The fraction of sp³-hybridized carbons (Fsp3) is 0.125. The van der Waals surface area contributed by atoms with Gasteiger partial charge in [0.25, 0.3) is 5.56 Å². The third kappa shape index (κ3) is 4.24. The molecule has 0 unspecified atom stereocenters. The lowest BCUT2D eigenvalue weighted by Gasteiger charge is -2.12. The van der Waals surface area contributed by atoms with E-state index in [4.69, 9.17) is 4.98 Å². The van der Waals surface area contributed by atoms with Crippen LogP contribution in [0.15, 0.2) is 88.8 Å². The number of aliphatic imine (C=N–C) groups is 1. The fourth-order valence-electron chi connectivity index (χ4n) is 3.17. The normalized spacial score (nSPS) is 11.2. The van der Waals surface area contributed by atoms with E-state index in [1.807, 2.05) is 79.7 Å².